The summed E-state index contributed by atoms with van der Waals surface area (Å²) in [4.78, 5) is 13.7. The summed E-state index contributed by atoms with van der Waals surface area (Å²) in [6.07, 6.45) is 0. The Morgan fingerprint density at radius 2 is 1.86 bits per heavy atom. The van der Waals surface area contributed by atoms with Gasteiger partial charge in [-0.3, -0.25) is 9.52 Å². The van der Waals surface area contributed by atoms with E-state index >= 15 is 0 Å². The maximum absolute atomic E-state index is 12.5. The molecular formula is C15H18N2O3S2. The minimum Gasteiger partial charge on any atom is -0.355 e. The van der Waals surface area contributed by atoms with Crippen LogP contribution in [0.15, 0.2) is 29.2 Å². The molecule has 0 bridgehead atoms. The van der Waals surface area contributed by atoms with Gasteiger partial charge in [0.15, 0.2) is 0 Å². The van der Waals surface area contributed by atoms with Crippen molar-refractivity contribution in [3.8, 4) is 0 Å². The quantitative estimate of drug-likeness (QED) is 0.900. The first-order valence-electron chi connectivity index (χ1n) is 6.68. The van der Waals surface area contributed by atoms with Gasteiger partial charge in [-0.15, -0.1) is 11.3 Å². The molecule has 2 N–H and O–H groups in total. The van der Waals surface area contributed by atoms with E-state index in [0.717, 1.165) is 9.75 Å². The van der Waals surface area contributed by atoms with Crippen LogP contribution in [-0.4, -0.2) is 21.4 Å². The van der Waals surface area contributed by atoms with Crippen molar-refractivity contribution in [3.05, 3.63) is 45.1 Å². The van der Waals surface area contributed by atoms with E-state index in [9.17, 15) is 13.2 Å². The predicted octanol–water partition coefficient (Wildman–Crippen LogP) is 2.83. The van der Waals surface area contributed by atoms with Gasteiger partial charge in [0.05, 0.1) is 5.69 Å². The molecule has 0 aliphatic heterocycles. The number of sulfonamides is 1. The first kappa shape index (κ1) is 16.5. The molecule has 2 rings (SSSR count). The zero-order chi connectivity index (χ0) is 16.5. The average Bonchev–Trinajstić information content (AvgIpc) is 2.80. The summed E-state index contributed by atoms with van der Waals surface area (Å²) in [6, 6.07) is 6.61. The van der Waals surface area contributed by atoms with Gasteiger partial charge in [0.2, 0.25) is 0 Å². The molecule has 1 aromatic heterocycles. The van der Waals surface area contributed by atoms with Crippen LogP contribution in [-0.2, 0) is 10.0 Å². The maximum atomic E-state index is 12.5. The van der Waals surface area contributed by atoms with E-state index in [0.29, 0.717) is 16.8 Å². The molecule has 0 atom stereocenters. The van der Waals surface area contributed by atoms with Gasteiger partial charge in [0.25, 0.3) is 15.9 Å². The van der Waals surface area contributed by atoms with Gasteiger partial charge >= 0.3 is 0 Å². The highest BCUT2D eigenvalue weighted by atomic mass is 32.2. The zero-order valence-electron chi connectivity index (χ0n) is 12.9. The predicted molar refractivity (Wildman–Crippen MR) is 89.2 cm³/mol. The van der Waals surface area contributed by atoms with Gasteiger partial charge < -0.3 is 5.32 Å². The third-order valence-corrected chi connectivity index (χ3v) is 5.92. The van der Waals surface area contributed by atoms with Crippen LogP contribution in [0.2, 0.25) is 0 Å². The summed E-state index contributed by atoms with van der Waals surface area (Å²) in [5, 5.41) is 2.54. The minimum atomic E-state index is -3.67. The van der Waals surface area contributed by atoms with Gasteiger partial charge in [0.1, 0.15) is 4.90 Å². The summed E-state index contributed by atoms with van der Waals surface area (Å²) < 4.78 is 27.6. The molecule has 1 aromatic carbocycles. The molecule has 0 radical (unpaired) electrons. The van der Waals surface area contributed by atoms with Crippen LogP contribution in [0, 0.1) is 20.8 Å². The molecule has 0 saturated carbocycles. The number of carbonyl (C=O) groups is 1. The Kier molecular flexibility index (Phi) is 4.58. The average molecular weight is 338 g/mol. The first-order chi connectivity index (χ1) is 10.3. The molecule has 118 valence electrons. The van der Waals surface area contributed by atoms with Crippen LogP contribution >= 0.6 is 11.3 Å². The topological polar surface area (TPSA) is 75.3 Å². The second-order valence-electron chi connectivity index (χ2n) is 4.94. The number of aryl methyl sites for hydroxylation is 2. The van der Waals surface area contributed by atoms with Gasteiger partial charge in [0, 0.05) is 22.4 Å². The lowest BCUT2D eigenvalue weighted by Crippen LogP contribution is -2.20. The fourth-order valence-electron chi connectivity index (χ4n) is 2.20. The van der Waals surface area contributed by atoms with Crippen LogP contribution in [0.1, 0.15) is 25.7 Å². The third-order valence-electron chi connectivity index (χ3n) is 3.33. The molecule has 0 aliphatic carbocycles. The minimum absolute atomic E-state index is 0.249. The maximum Gasteiger partial charge on any atom is 0.263 e. The second-order valence-corrected chi connectivity index (χ2v) is 8.05. The molecule has 0 unspecified atom stereocenters. The van der Waals surface area contributed by atoms with Crippen molar-refractivity contribution >= 4 is 33.0 Å². The molecule has 2 aromatic rings. The lowest BCUT2D eigenvalue weighted by atomic mass is 10.1. The molecular weight excluding hydrogens is 320 g/mol. The number of carbonyl (C=O) groups excluding carboxylic acids is 1. The Hall–Kier alpha value is -1.86. The van der Waals surface area contributed by atoms with E-state index in [2.05, 4.69) is 10.0 Å². The largest absolute Gasteiger partial charge is 0.355 e. The number of hydrogen-bond donors (Lipinski definition) is 2. The highest BCUT2D eigenvalue weighted by Crippen LogP contribution is 2.28. The molecule has 0 spiro atoms. The van der Waals surface area contributed by atoms with Gasteiger partial charge in [-0.25, -0.2) is 8.42 Å². The Labute approximate surface area is 134 Å². The highest BCUT2D eigenvalue weighted by Gasteiger charge is 2.21. The molecule has 1 amide bonds. The van der Waals surface area contributed by atoms with Crippen LogP contribution in [0.3, 0.4) is 0 Å². The lowest BCUT2D eigenvalue weighted by molar-refractivity contribution is 0.0962. The van der Waals surface area contributed by atoms with E-state index in [-0.39, 0.29) is 10.8 Å². The summed E-state index contributed by atoms with van der Waals surface area (Å²) in [5.74, 6) is -0.249. The highest BCUT2D eigenvalue weighted by molar-refractivity contribution is 7.93. The van der Waals surface area contributed by atoms with Gasteiger partial charge in [-0.2, -0.15) is 0 Å². The third kappa shape index (κ3) is 3.15. The van der Waals surface area contributed by atoms with Gasteiger partial charge in [-0.05, 0) is 44.5 Å². The van der Waals surface area contributed by atoms with Crippen LogP contribution < -0.4 is 10.0 Å². The zero-order valence-corrected chi connectivity index (χ0v) is 14.5. The summed E-state index contributed by atoms with van der Waals surface area (Å²) >= 11 is 1.44. The molecule has 0 saturated heterocycles. The fraction of sp³-hybridized carbons (Fsp3) is 0.267. The molecule has 22 heavy (non-hydrogen) atoms. The van der Waals surface area contributed by atoms with E-state index in [1.54, 1.807) is 38.1 Å². The van der Waals surface area contributed by atoms with Crippen molar-refractivity contribution < 1.29 is 13.2 Å². The van der Waals surface area contributed by atoms with Crippen LogP contribution in [0.5, 0.6) is 0 Å². The van der Waals surface area contributed by atoms with Crippen molar-refractivity contribution in [1.82, 2.24) is 5.32 Å². The number of anilines is 1. The number of amides is 1. The standard InChI is InChI=1S/C15H18N2O3S2/c1-9-8-14(11(3)21-9)22(19,20)17-13-7-5-6-12(10(13)2)15(18)16-4/h5-8,17H,1-4H3,(H,16,18). The van der Waals surface area contributed by atoms with Gasteiger partial charge in [-0.1, -0.05) is 6.07 Å². The Morgan fingerprint density at radius 1 is 1.18 bits per heavy atom. The fourth-order valence-corrected chi connectivity index (χ4v) is 4.88. The van der Waals surface area contributed by atoms with Crippen molar-refractivity contribution in [3.63, 3.8) is 0 Å². The van der Waals surface area contributed by atoms with E-state index < -0.39 is 10.0 Å². The SMILES string of the molecule is CNC(=O)c1cccc(NS(=O)(=O)c2cc(C)sc2C)c1C. The molecule has 0 aliphatic rings. The smallest absolute Gasteiger partial charge is 0.263 e. The van der Waals surface area contributed by atoms with Crippen LogP contribution in [0.25, 0.3) is 0 Å². The van der Waals surface area contributed by atoms with E-state index in [4.69, 9.17) is 0 Å². The van der Waals surface area contributed by atoms with Crippen molar-refractivity contribution in [2.24, 2.45) is 0 Å². The molecule has 0 fully saturated rings. The van der Waals surface area contributed by atoms with E-state index in [1.165, 1.54) is 18.4 Å². The normalized spacial score (nSPS) is 11.3. The number of hydrogen-bond acceptors (Lipinski definition) is 4. The Balaban J connectivity index is 2.43. The summed E-state index contributed by atoms with van der Waals surface area (Å²) in [7, 11) is -2.13. The summed E-state index contributed by atoms with van der Waals surface area (Å²) in [5.41, 5.74) is 1.44. The monoisotopic (exact) mass is 338 g/mol. The number of rotatable bonds is 4. The Morgan fingerprint density at radius 3 is 2.41 bits per heavy atom. The first-order valence-corrected chi connectivity index (χ1v) is 8.97. The van der Waals surface area contributed by atoms with Crippen molar-refractivity contribution in [2.75, 3.05) is 11.8 Å². The number of thiophene rings is 1. The molecule has 7 heteroatoms. The number of nitrogens with one attached hydrogen (secondary N) is 2. The summed E-state index contributed by atoms with van der Waals surface area (Å²) in [6.45, 7) is 5.36. The van der Waals surface area contributed by atoms with Crippen molar-refractivity contribution in [1.29, 1.82) is 0 Å². The second kappa shape index (κ2) is 6.10. The van der Waals surface area contributed by atoms with Crippen molar-refractivity contribution in [2.45, 2.75) is 25.7 Å². The van der Waals surface area contributed by atoms with Crippen LogP contribution in [0.4, 0.5) is 5.69 Å². The molecule has 1 heterocycles. The van der Waals surface area contributed by atoms with E-state index in [1.807, 2.05) is 6.92 Å². The number of benzene rings is 1. The lowest BCUT2D eigenvalue weighted by Gasteiger charge is -2.13. The Bertz CT molecular complexity index is 823. The molecule has 5 nitrogen and oxygen atoms in total.